The summed E-state index contributed by atoms with van der Waals surface area (Å²) < 4.78 is 18.5. The van der Waals surface area contributed by atoms with Gasteiger partial charge in [0.15, 0.2) is 0 Å². The number of carbonyl (C=O) groups is 2. The topological polar surface area (TPSA) is 66.8 Å². The molecule has 146 valence electrons. The number of aliphatic hydroxyl groups excluding tert-OH is 1. The number of hydrogen-bond donors (Lipinski definition) is 1. The van der Waals surface area contributed by atoms with Gasteiger partial charge in [-0.3, -0.25) is 9.59 Å². The van der Waals surface area contributed by atoms with Crippen molar-refractivity contribution in [1.29, 1.82) is 0 Å². The third kappa shape index (κ3) is 3.55. The number of ether oxygens (including phenoxy) is 1. The van der Waals surface area contributed by atoms with Crippen molar-refractivity contribution in [3.8, 4) is 0 Å². The fourth-order valence-corrected chi connectivity index (χ4v) is 3.43. The van der Waals surface area contributed by atoms with Crippen LogP contribution in [0.25, 0.3) is 5.76 Å². The summed E-state index contributed by atoms with van der Waals surface area (Å²) in [7, 11) is 1.50. The van der Waals surface area contributed by atoms with Crippen LogP contribution in [0.3, 0.4) is 0 Å². The van der Waals surface area contributed by atoms with Gasteiger partial charge in [-0.1, -0.05) is 29.8 Å². The van der Waals surface area contributed by atoms with E-state index in [1.54, 1.807) is 6.07 Å². The Labute approximate surface area is 163 Å². The van der Waals surface area contributed by atoms with Gasteiger partial charge in [0.1, 0.15) is 11.6 Å². The van der Waals surface area contributed by atoms with Gasteiger partial charge in [0.05, 0.1) is 18.2 Å². The van der Waals surface area contributed by atoms with Crippen LogP contribution in [0, 0.1) is 19.7 Å². The zero-order chi connectivity index (χ0) is 20.4. The molecule has 1 atom stereocenters. The second-order valence-corrected chi connectivity index (χ2v) is 6.86. The molecule has 1 aliphatic rings. The van der Waals surface area contributed by atoms with Crippen LogP contribution in [0.15, 0.2) is 48.0 Å². The number of nitrogens with zero attached hydrogens (tertiary/aromatic N) is 1. The predicted octanol–water partition coefficient (Wildman–Crippen LogP) is 3.51. The molecule has 0 bridgehead atoms. The smallest absolute Gasteiger partial charge is 0.295 e. The monoisotopic (exact) mass is 383 g/mol. The lowest BCUT2D eigenvalue weighted by Crippen LogP contribution is -2.32. The van der Waals surface area contributed by atoms with E-state index in [9.17, 15) is 19.1 Å². The van der Waals surface area contributed by atoms with E-state index < -0.39 is 23.5 Å². The lowest BCUT2D eigenvalue weighted by Gasteiger charge is -2.25. The number of rotatable bonds is 5. The van der Waals surface area contributed by atoms with Gasteiger partial charge in [-0.25, -0.2) is 4.39 Å². The van der Waals surface area contributed by atoms with Crippen LogP contribution < -0.4 is 0 Å². The number of ketones is 1. The van der Waals surface area contributed by atoms with Gasteiger partial charge >= 0.3 is 0 Å². The van der Waals surface area contributed by atoms with Gasteiger partial charge in [0.2, 0.25) is 0 Å². The highest BCUT2D eigenvalue weighted by Crippen LogP contribution is 2.39. The maximum Gasteiger partial charge on any atom is 0.295 e. The number of benzene rings is 2. The average Bonchev–Trinajstić information content (AvgIpc) is 2.93. The molecule has 1 amide bonds. The van der Waals surface area contributed by atoms with Crippen LogP contribution >= 0.6 is 0 Å². The molecule has 0 spiro atoms. The number of halogens is 1. The second kappa shape index (κ2) is 7.94. The Morgan fingerprint density at radius 2 is 1.82 bits per heavy atom. The number of aryl methyl sites for hydroxylation is 2. The molecule has 2 aromatic carbocycles. The highest BCUT2D eigenvalue weighted by atomic mass is 19.1. The fourth-order valence-electron chi connectivity index (χ4n) is 3.43. The Bertz CT molecular complexity index is 950. The van der Waals surface area contributed by atoms with Crippen LogP contribution in [0.1, 0.15) is 28.3 Å². The minimum atomic E-state index is -0.810. The Morgan fingerprint density at radius 3 is 2.46 bits per heavy atom. The molecule has 6 heteroatoms. The first-order valence-electron chi connectivity index (χ1n) is 8.95. The van der Waals surface area contributed by atoms with Gasteiger partial charge in [-0.15, -0.1) is 0 Å². The number of Topliss-reactive ketones (excluding diaryl/α,β-unsaturated/α-hetero) is 1. The van der Waals surface area contributed by atoms with E-state index in [4.69, 9.17) is 4.74 Å². The summed E-state index contributed by atoms with van der Waals surface area (Å²) in [6.07, 6.45) is 0. The zero-order valence-electron chi connectivity index (χ0n) is 16.0. The summed E-state index contributed by atoms with van der Waals surface area (Å²) in [5, 5.41) is 11.0. The quantitative estimate of drug-likeness (QED) is 0.487. The van der Waals surface area contributed by atoms with Crippen molar-refractivity contribution in [1.82, 2.24) is 4.90 Å². The maximum atomic E-state index is 13.4. The first-order chi connectivity index (χ1) is 13.3. The molecule has 5 nitrogen and oxygen atoms in total. The molecule has 3 rings (SSSR count). The number of amides is 1. The molecule has 28 heavy (non-hydrogen) atoms. The van der Waals surface area contributed by atoms with Gasteiger partial charge in [0.25, 0.3) is 11.7 Å². The summed E-state index contributed by atoms with van der Waals surface area (Å²) in [5.74, 6) is -2.12. The molecule has 0 radical (unpaired) electrons. The van der Waals surface area contributed by atoms with E-state index in [1.807, 2.05) is 26.0 Å². The van der Waals surface area contributed by atoms with Crippen molar-refractivity contribution in [2.45, 2.75) is 19.9 Å². The fraction of sp³-hybridized carbons (Fsp3) is 0.273. The van der Waals surface area contributed by atoms with E-state index in [2.05, 4.69) is 0 Å². The number of methoxy groups -OCH3 is 1. The molecule has 0 saturated carbocycles. The zero-order valence-corrected chi connectivity index (χ0v) is 16.0. The van der Waals surface area contributed by atoms with Crippen molar-refractivity contribution in [3.63, 3.8) is 0 Å². The van der Waals surface area contributed by atoms with E-state index in [0.717, 1.165) is 11.1 Å². The van der Waals surface area contributed by atoms with Crippen LogP contribution in [-0.4, -0.2) is 42.0 Å². The molecule has 1 aliphatic heterocycles. The molecule has 2 aromatic rings. The summed E-state index contributed by atoms with van der Waals surface area (Å²) in [5.41, 5.74) is 2.74. The molecule has 1 heterocycles. The third-order valence-corrected chi connectivity index (χ3v) is 4.91. The van der Waals surface area contributed by atoms with E-state index in [1.165, 1.54) is 36.3 Å². The summed E-state index contributed by atoms with van der Waals surface area (Å²) >= 11 is 0. The Hall–Kier alpha value is -2.99. The highest BCUT2D eigenvalue weighted by Gasteiger charge is 2.45. The number of aliphatic hydroxyl groups is 1. The van der Waals surface area contributed by atoms with E-state index in [-0.39, 0.29) is 24.5 Å². The first kappa shape index (κ1) is 19.8. The molecule has 1 unspecified atom stereocenters. The highest BCUT2D eigenvalue weighted by molar-refractivity contribution is 6.46. The maximum absolute atomic E-state index is 13.4. The minimum Gasteiger partial charge on any atom is -0.507 e. The van der Waals surface area contributed by atoms with Crippen LogP contribution in [0.5, 0.6) is 0 Å². The van der Waals surface area contributed by atoms with Gasteiger partial charge in [-0.05, 0) is 43.2 Å². The average molecular weight is 383 g/mol. The standard InChI is InChI=1S/C22H22FNO4/c1-13-4-5-14(2)17(12-13)20(25)18-19(15-6-8-16(23)9-7-15)24(10-11-28-3)22(27)21(18)26/h4-9,12,19,25H,10-11H2,1-3H3/b20-18+. The molecule has 1 saturated heterocycles. The van der Waals surface area contributed by atoms with Crippen molar-refractivity contribution in [2.24, 2.45) is 0 Å². The molecule has 0 aromatic heterocycles. The summed E-state index contributed by atoms with van der Waals surface area (Å²) in [4.78, 5) is 26.8. The number of hydrogen-bond acceptors (Lipinski definition) is 4. The third-order valence-electron chi connectivity index (χ3n) is 4.91. The van der Waals surface area contributed by atoms with Crippen molar-refractivity contribution in [3.05, 3.63) is 76.1 Å². The van der Waals surface area contributed by atoms with E-state index in [0.29, 0.717) is 11.1 Å². The van der Waals surface area contributed by atoms with Crippen LogP contribution in [0.4, 0.5) is 4.39 Å². The normalized spacial score (nSPS) is 18.7. The van der Waals surface area contributed by atoms with Gasteiger partial charge < -0.3 is 14.7 Å². The SMILES string of the molecule is COCCN1C(=O)C(=O)/C(=C(/O)c2cc(C)ccc2C)C1c1ccc(F)cc1. The van der Waals surface area contributed by atoms with E-state index >= 15 is 0 Å². The Balaban J connectivity index is 2.20. The van der Waals surface area contributed by atoms with Crippen molar-refractivity contribution >= 4 is 17.4 Å². The molecule has 1 N–H and O–H groups in total. The Morgan fingerprint density at radius 1 is 1.14 bits per heavy atom. The van der Waals surface area contributed by atoms with Gasteiger partial charge in [0, 0.05) is 19.2 Å². The largest absolute Gasteiger partial charge is 0.507 e. The van der Waals surface area contributed by atoms with Crippen LogP contribution in [0.2, 0.25) is 0 Å². The van der Waals surface area contributed by atoms with Crippen molar-refractivity contribution in [2.75, 3.05) is 20.3 Å². The number of likely N-dealkylation sites (tertiary alicyclic amines) is 1. The minimum absolute atomic E-state index is 0.00131. The summed E-state index contributed by atoms with van der Waals surface area (Å²) in [6, 6.07) is 10.3. The lowest BCUT2D eigenvalue weighted by atomic mass is 9.93. The predicted molar refractivity (Wildman–Crippen MR) is 103 cm³/mol. The Kier molecular flexibility index (Phi) is 5.61. The lowest BCUT2D eigenvalue weighted by molar-refractivity contribution is -0.140. The number of carbonyl (C=O) groups excluding carboxylic acids is 2. The van der Waals surface area contributed by atoms with Crippen molar-refractivity contribution < 1.29 is 23.8 Å². The molecule has 0 aliphatic carbocycles. The summed E-state index contributed by atoms with van der Waals surface area (Å²) in [6.45, 7) is 4.11. The van der Waals surface area contributed by atoms with Crippen LogP contribution in [-0.2, 0) is 14.3 Å². The van der Waals surface area contributed by atoms with Gasteiger partial charge in [-0.2, -0.15) is 0 Å². The first-order valence-corrected chi connectivity index (χ1v) is 8.95. The second-order valence-electron chi connectivity index (χ2n) is 6.86. The molecule has 1 fully saturated rings. The molecular weight excluding hydrogens is 361 g/mol. The molecular formula is C22H22FNO4.